The molecule has 0 unspecified atom stereocenters. The molecule has 230 valence electrons. The molecular weight excluding hydrogens is 567 g/mol. The molecule has 0 saturated heterocycles. The average Bonchev–Trinajstić information content (AvgIpc) is 2.99. The lowest BCUT2D eigenvalue weighted by atomic mass is 10.2. The Labute approximate surface area is 248 Å². The second-order valence-corrected chi connectivity index (χ2v) is 9.05. The van der Waals surface area contributed by atoms with Gasteiger partial charge in [0.25, 0.3) is 0 Å². The van der Waals surface area contributed by atoms with Gasteiger partial charge in [-0.25, -0.2) is 4.79 Å². The zero-order valence-corrected chi connectivity index (χ0v) is 23.8. The molecule has 0 aliphatic heterocycles. The Bertz CT molecular complexity index is 1350. The van der Waals surface area contributed by atoms with E-state index in [1.165, 1.54) is 19.2 Å². The third kappa shape index (κ3) is 11.5. The van der Waals surface area contributed by atoms with Crippen LogP contribution in [0.5, 0.6) is 17.5 Å². The van der Waals surface area contributed by atoms with Gasteiger partial charge in [-0.3, -0.25) is 0 Å². The molecule has 13 heteroatoms. The number of methoxy groups -OCH3 is 1. The van der Waals surface area contributed by atoms with E-state index in [9.17, 15) is 18.0 Å². The molecule has 0 spiro atoms. The molecule has 0 fully saturated rings. The van der Waals surface area contributed by atoms with E-state index in [0.29, 0.717) is 31.1 Å². The van der Waals surface area contributed by atoms with Crippen molar-refractivity contribution in [2.75, 3.05) is 37.6 Å². The highest BCUT2D eigenvalue weighted by molar-refractivity contribution is 5.93. The second kappa shape index (κ2) is 16.6. The van der Waals surface area contributed by atoms with E-state index in [4.69, 9.17) is 18.9 Å². The van der Waals surface area contributed by atoms with Gasteiger partial charge in [-0.2, -0.15) is 28.1 Å². The SMILES string of the molecule is C=CCCCOc1ccc(CNc2nc(Nc3ccc(C(=O)OC)c(OCCCC=C)c3)nc(OCC(F)(F)F)n2)cc1. The number of allylic oxidation sites excluding steroid dienone is 2. The average molecular weight is 602 g/mol. The lowest BCUT2D eigenvalue weighted by Crippen LogP contribution is -2.21. The quantitative estimate of drug-likeness (QED) is 0.0933. The molecule has 3 aromatic rings. The van der Waals surface area contributed by atoms with Crippen LogP contribution in [-0.2, 0) is 11.3 Å². The van der Waals surface area contributed by atoms with Gasteiger partial charge in [-0.15, -0.1) is 13.2 Å². The lowest BCUT2D eigenvalue weighted by Gasteiger charge is -2.14. The summed E-state index contributed by atoms with van der Waals surface area (Å²) in [5.74, 6) is 0.250. The molecule has 0 radical (unpaired) electrons. The first-order valence-corrected chi connectivity index (χ1v) is 13.5. The van der Waals surface area contributed by atoms with Crippen LogP contribution in [0.1, 0.15) is 41.6 Å². The third-order valence-electron chi connectivity index (χ3n) is 5.63. The number of carbonyl (C=O) groups is 1. The molecule has 1 aromatic heterocycles. The maximum absolute atomic E-state index is 12.8. The lowest BCUT2D eigenvalue weighted by molar-refractivity contribution is -0.154. The topological polar surface area (TPSA) is 117 Å². The van der Waals surface area contributed by atoms with Gasteiger partial charge in [0.15, 0.2) is 6.61 Å². The van der Waals surface area contributed by atoms with Crippen LogP contribution < -0.4 is 24.8 Å². The largest absolute Gasteiger partial charge is 0.494 e. The molecule has 10 nitrogen and oxygen atoms in total. The normalized spacial score (nSPS) is 10.9. The maximum Gasteiger partial charge on any atom is 0.422 e. The highest BCUT2D eigenvalue weighted by Gasteiger charge is 2.29. The summed E-state index contributed by atoms with van der Waals surface area (Å²) >= 11 is 0. The summed E-state index contributed by atoms with van der Waals surface area (Å²) in [5, 5.41) is 5.89. The van der Waals surface area contributed by atoms with Gasteiger partial charge in [-0.05, 0) is 55.5 Å². The van der Waals surface area contributed by atoms with Crippen molar-refractivity contribution in [3.8, 4) is 17.5 Å². The number of unbranched alkanes of at least 4 members (excludes halogenated alkanes) is 2. The van der Waals surface area contributed by atoms with E-state index in [1.807, 2.05) is 30.3 Å². The standard InChI is InChI=1S/C30H34F3N5O5/c1-4-6-8-16-41-23-13-10-21(11-14-23)19-34-27-36-28(38-29(37-27)43-20-30(31,32)33)35-22-12-15-24(26(39)40-3)25(18-22)42-17-9-7-5-2/h4-5,10-15,18H,1-2,6-9,16-17,19-20H2,3H3,(H2,34,35,36,37,38). The van der Waals surface area contributed by atoms with Gasteiger partial charge in [0.05, 0.1) is 20.3 Å². The number of nitrogens with zero attached hydrogens (tertiary/aromatic N) is 3. The summed E-state index contributed by atoms with van der Waals surface area (Å²) in [6.07, 6.45) is 2.12. The predicted molar refractivity (Wildman–Crippen MR) is 156 cm³/mol. The summed E-state index contributed by atoms with van der Waals surface area (Å²) in [4.78, 5) is 24.4. The molecule has 0 saturated carbocycles. The van der Waals surface area contributed by atoms with E-state index >= 15 is 0 Å². The number of nitrogens with one attached hydrogen (secondary N) is 2. The van der Waals surface area contributed by atoms with Crippen LogP contribution in [0.15, 0.2) is 67.8 Å². The minimum Gasteiger partial charge on any atom is -0.494 e. The van der Waals surface area contributed by atoms with Crippen molar-refractivity contribution < 1.29 is 36.9 Å². The molecule has 0 bridgehead atoms. The number of halogens is 3. The van der Waals surface area contributed by atoms with Crippen LogP contribution in [0.4, 0.5) is 30.8 Å². The number of ether oxygens (including phenoxy) is 4. The zero-order chi connectivity index (χ0) is 31.1. The highest BCUT2D eigenvalue weighted by atomic mass is 19.4. The molecule has 3 rings (SSSR count). The summed E-state index contributed by atoms with van der Waals surface area (Å²) in [6, 6.07) is 11.4. The highest BCUT2D eigenvalue weighted by Crippen LogP contribution is 2.27. The fraction of sp³-hybridized carbons (Fsp3) is 0.333. The number of rotatable bonds is 18. The third-order valence-corrected chi connectivity index (χ3v) is 5.63. The number of aromatic nitrogens is 3. The van der Waals surface area contributed by atoms with Crippen LogP contribution in [-0.4, -0.2) is 54.0 Å². The van der Waals surface area contributed by atoms with E-state index in [-0.39, 0.29) is 29.8 Å². The van der Waals surface area contributed by atoms with Gasteiger partial charge in [0, 0.05) is 18.3 Å². The monoisotopic (exact) mass is 601 g/mol. The first-order valence-electron chi connectivity index (χ1n) is 13.5. The molecule has 2 aromatic carbocycles. The molecule has 0 amide bonds. The van der Waals surface area contributed by atoms with E-state index in [0.717, 1.165) is 24.8 Å². The fourth-order valence-electron chi connectivity index (χ4n) is 3.54. The number of carbonyl (C=O) groups excluding carboxylic acids is 1. The number of alkyl halides is 3. The minimum atomic E-state index is -4.59. The fourth-order valence-corrected chi connectivity index (χ4v) is 3.54. The molecular formula is C30H34F3N5O5. The number of hydrogen-bond acceptors (Lipinski definition) is 10. The maximum atomic E-state index is 12.8. The first kappa shape index (κ1) is 32.7. The molecule has 0 aliphatic rings. The van der Waals surface area contributed by atoms with Crippen LogP contribution in [0.25, 0.3) is 0 Å². The van der Waals surface area contributed by atoms with E-state index in [1.54, 1.807) is 12.1 Å². The van der Waals surface area contributed by atoms with E-state index < -0.39 is 24.8 Å². The van der Waals surface area contributed by atoms with Crippen molar-refractivity contribution >= 4 is 23.6 Å². The van der Waals surface area contributed by atoms with Gasteiger partial charge in [0.2, 0.25) is 11.9 Å². The van der Waals surface area contributed by atoms with Gasteiger partial charge >= 0.3 is 18.2 Å². The van der Waals surface area contributed by atoms with Crippen LogP contribution in [0, 0.1) is 0 Å². The number of esters is 1. The van der Waals surface area contributed by atoms with Crippen molar-refractivity contribution in [2.45, 2.75) is 38.4 Å². The smallest absolute Gasteiger partial charge is 0.422 e. The summed E-state index contributed by atoms with van der Waals surface area (Å²) in [5.41, 5.74) is 1.45. The summed E-state index contributed by atoms with van der Waals surface area (Å²) in [6.45, 7) is 6.92. The minimum absolute atomic E-state index is 0.0218. The van der Waals surface area contributed by atoms with Crippen molar-refractivity contribution in [1.82, 2.24) is 15.0 Å². The van der Waals surface area contributed by atoms with Crippen molar-refractivity contribution in [2.24, 2.45) is 0 Å². The van der Waals surface area contributed by atoms with E-state index in [2.05, 4.69) is 38.7 Å². The summed E-state index contributed by atoms with van der Waals surface area (Å²) in [7, 11) is 1.26. The molecule has 1 heterocycles. The van der Waals surface area contributed by atoms with Gasteiger partial charge in [-0.1, -0.05) is 24.3 Å². The van der Waals surface area contributed by atoms with Crippen LogP contribution in [0.2, 0.25) is 0 Å². The predicted octanol–water partition coefficient (Wildman–Crippen LogP) is 6.65. The van der Waals surface area contributed by atoms with Crippen LogP contribution >= 0.6 is 0 Å². The molecule has 43 heavy (non-hydrogen) atoms. The second-order valence-electron chi connectivity index (χ2n) is 9.05. The van der Waals surface area contributed by atoms with Crippen molar-refractivity contribution in [1.29, 1.82) is 0 Å². The Morgan fingerprint density at radius 3 is 2.23 bits per heavy atom. The molecule has 0 atom stereocenters. The first-order chi connectivity index (χ1) is 20.7. The Morgan fingerprint density at radius 2 is 1.58 bits per heavy atom. The number of benzene rings is 2. The Hall–Kier alpha value is -4.81. The van der Waals surface area contributed by atoms with Crippen molar-refractivity contribution in [3.05, 3.63) is 78.9 Å². The van der Waals surface area contributed by atoms with Crippen molar-refractivity contribution in [3.63, 3.8) is 0 Å². The Morgan fingerprint density at radius 1 is 0.907 bits per heavy atom. The van der Waals surface area contributed by atoms with Gasteiger partial charge < -0.3 is 29.6 Å². The number of hydrogen-bond donors (Lipinski definition) is 2. The Kier molecular flexibility index (Phi) is 12.6. The molecule has 0 aliphatic carbocycles. The van der Waals surface area contributed by atoms with Gasteiger partial charge in [0.1, 0.15) is 17.1 Å². The zero-order valence-electron chi connectivity index (χ0n) is 23.8. The summed E-state index contributed by atoms with van der Waals surface area (Å²) < 4.78 is 59.6. The Balaban J connectivity index is 1.77. The van der Waals surface area contributed by atoms with Crippen LogP contribution in [0.3, 0.4) is 0 Å². The number of anilines is 3. The molecule has 2 N–H and O–H groups in total.